The SMILES string of the molecule is CCC(C)[C@H](NC(=O)[C@@]1(NC(=O)[C@@H](NC(=O)OCc2ccccc2OC(F)(F)F)C(C)CC)CCc2[nH]c3c(Cl)cc(Cl)cc3c2C1)C(N)=O. The highest BCUT2D eigenvalue weighted by Crippen LogP contribution is 2.38. The average molecular weight is 743 g/mol. The number of nitrogens with one attached hydrogen (secondary N) is 4. The van der Waals surface area contributed by atoms with Crippen LogP contribution in [0.4, 0.5) is 18.0 Å². The highest BCUT2D eigenvalue weighted by atomic mass is 35.5. The highest BCUT2D eigenvalue weighted by molar-refractivity contribution is 6.38. The van der Waals surface area contributed by atoms with Gasteiger partial charge in [0.15, 0.2) is 0 Å². The van der Waals surface area contributed by atoms with E-state index in [2.05, 4.69) is 25.7 Å². The summed E-state index contributed by atoms with van der Waals surface area (Å²) in [5.41, 5.74) is 6.11. The van der Waals surface area contributed by atoms with Crippen LogP contribution in [0.1, 0.15) is 63.8 Å². The minimum absolute atomic E-state index is 0.0176. The smallest absolute Gasteiger partial charge is 0.445 e. The molecule has 0 aliphatic heterocycles. The first kappa shape index (κ1) is 38.6. The molecule has 2 unspecified atom stereocenters. The van der Waals surface area contributed by atoms with Crippen molar-refractivity contribution in [2.24, 2.45) is 17.6 Å². The van der Waals surface area contributed by atoms with E-state index in [-0.39, 0.29) is 24.3 Å². The van der Waals surface area contributed by atoms with Gasteiger partial charge in [0, 0.05) is 28.1 Å². The van der Waals surface area contributed by atoms with Gasteiger partial charge in [-0.15, -0.1) is 13.2 Å². The number of nitrogens with two attached hydrogens (primary N) is 1. The maximum absolute atomic E-state index is 14.3. The molecule has 50 heavy (non-hydrogen) atoms. The van der Waals surface area contributed by atoms with Gasteiger partial charge in [0.2, 0.25) is 17.7 Å². The summed E-state index contributed by atoms with van der Waals surface area (Å²) < 4.78 is 47.9. The van der Waals surface area contributed by atoms with Crippen LogP contribution < -0.4 is 26.4 Å². The summed E-state index contributed by atoms with van der Waals surface area (Å²) in [6.07, 6.45) is -4.70. The van der Waals surface area contributed by atoms with Crippen molar-refractivity contribution < 1.29 is 41.8 Å². The van der Waals surface area contributed by atoms with Gasteiger partial charge in [-0.25, -0.2) is 4.79 Å². The van der Waals surface area contributed by atoms with Crippen LogP contribution in [0.25, 0.3) is 10.9 Å². The number of amides is 4. The maximum atomic E-state index is 14.3. The standard InChI is InChI=1S/C34H40Cl2F3N5O6/c1-5-17(3)26(29(40)45)42-31(47)33(12-11-24-22(15-33)21-13-20(35)14-23(36)28(21)41-24)44-30(46)27(18(4)6-2)43-32(48)49-16-19-9-7-8-10-25(19)50-34(37,38)39/h7-10,13-14,17-18,26-27,41H,5-6,11-12,15-16H2,1-4H3,(H2,40,45)(H,42,47)(H,43,48)(H,44,46)/t17?,18?,26-,27-,33+/m0/s1. The third kappa shape index (κ3) is 8.94. The van der Waals surface area contributed by atoms with Crippen LogP contribution in [-0.4, -0.2) is 52.8 Å². The number of aromatic nitrogens is 1. The van der Waals surface area contributed by atoms with E-state index in [0.717, 1.165) is 11.8 Å². The molecule has 0 fully saturated rings. The summed E-state index contributed by atoms with van der Waals surface area (Å²) in [4.78, 5) is 57.1. The third-order valence-electron chi connectivity index (χ3n) is 9.23. The molecule has 4 amide bonds. The van der Waals surface area contributed by atoms with Crippen molar-refractivity contribution in [3.63, 3.8) is 0 Å². The van der Waals surface area contributed by atoms with Gasteiger partial charge in [0.1, 0.15) is 30.0 Å². The first-order valence-corrected chi connectivity index (χ1v) is 16.9. The van der Waals surface area contributed by atoms with Gasteiger partial charge in [-0.1, -0.05) is 81.9 Å². The molecular weight excluding hydrogens is 702 g/mol. The Kier molecular flexibility index (Phi) is 12.2. The fraction of sp³-hybridized carbons (Fsp3) is 0.471. The van der Waals surface area contributed by atoms with Crippen LogP contribution in [0.15, 0.2) is 36.4 Å². The Morgan fingerprint density at radius 1 is 1.02 bits per heavy atom. The normalized spacial score (nSPS) is 18.3. The van der Waals surface area contributed by atoms with Crippen LogP contribution >= 0.6 is 23.2 Å². The van der Waals surface area contributed by atoms with Crippen molar-refractivity contribution in [2.45, 2.75) is 90.4 Å². The van der Waals surface area contributed by atoms with Gasteiger partial charge in [-0.05, 0) is 48.4 Å². The molecular formula is C34H40Cl2F3N5O6. The predicted octanol–water partition coefficient (Wildman–Crippen LogP) is 6.07. The summed E-state index contributed by atoms with van der Waals surface area (Å²) >= 11 is 12.8. The third-order valence-corrected chi connectivity index (χ3v) is 9.75. The van der Waals surface area contributed by atoms with Crippen molar-refractivity contribution in [3.05, 3.63) is 63.3 Å². The minimum atomic E-state index is -4.96. The molecule has 2 aromatic carbocycles. The van der Waals surface area contributed by atoms with E-state index < -0.39 is 66.1 Å². The molecule has 3 aromatic rings. The summed E-state index contributed by atoms with van der Waals surface area (Å²) in [6, 6.07) is 6.21. The largest absolute Gasteiger partial charge is 0.573 e. The zero-order chi connectivity index (χ0) is 37.0. The number of para-hydroxylation sites is 1. The number of fused-ring (bicyclic) bond motifs is 3. The van der Waals surface area contributed by atoms with Crippen molar-refractivity contribution in [2.75, 3.05) is 0 Å². The second-order valence-electron chi connectivity index (χ2n) is 12.6. The molecule has 11 nitrogen and oxygen atoms in total. The molecule has 272 valence electrons. The molecule has 0 bridgehead atoms. The molecule has 1 heterocycles. The van der Waals surface area contributed by atoms with E-state index in [1.807, 2.05) is 6.92 Å². The van der Waals surface area contributed by atoms with E-state index in [9.17, 15) is 32.3 Å². The number of aryl methyl sites for hydroxylation is 1. The number of H-pyrrole nitrogens is 1. The zero-order valence-electron chi connectivity index (χ0n) is 27.9. The fourth-order valence-electron chi connectivity index (χ4n) is 6.01. The second-order valence-corrected chi connectivity index (χ2v) is 13.5. The first-order chi connectivity index (χ1) is 23.5. The molecule has 5 atom stereocenters. The van der Waals surface area contributed by atoms with Gasteiger partial charge in [-0.2, -0.15) is 0 Å². The molecule has 0 saturated heterocycles. The van der Waals surface area contributed by atoms with Crippen LogP contribution in [0, 0.1) is 11.8 Å². The van der Waals surface area contributed by atoms with Crippen molar-refractivity contribution in [1.29, 1.82) is 0 Å². The number of alkyl halides is 3. The second kappa shape index (κ2) is 15.8. The molecule has 0 saturated carbocycles. The number of primary amides is 1. The van der Waals surface area contributed by atoms with Gasteiger partial charge in [-0.3, -0.25) is 14.4 Å². The quantitative estimate of drug-likeness (QED) is 0.143. The van der Waals surface area contributed by atoms with E-state index >= 15 is 0 Å². The number of aromatic amines is 1. The molecule has 1 aromatic heterocycles. The van der Waals surface area contributed by atoms with E-state index in [0.29, 0.717) is 45.8 Å². The monoisotopic (exact) mass is 741 g/mol. The van der Waals surface area contributed by atoms with Crippen LogP contribution in [0.5, 0.6) is 5.75 Å². The molecule has 1 aliphatic rings. The Morgan fingerprint density at radius 3 is 2.32 bits per heavy atom. The van der Waals surface area contributed by atoms with Crippen molar-refractivity contribution in [1.82, 2.24) is 20.9 Å². The minimum Gasteiger partial charge on any atom is -0.445 e. The number of carbonyl (C=O) groups is 4. The number of hydrogen-bond acceptors (Lipinski definition) is 6. The fourth-order valence-corrected chi connectivity index (χ4v) is 6.55. The first-order valence-electron chi connectivity index (χ1n) is 16.2. The van der Waals surface area contributed by atoms with Gasteiger partial charge in [0.25, 0.3) is 0 Å². The predicted molar refractivity (Wildman–Crippen MR) is 181 cm³/mol. The Bertz CT molecular complexity index is 1750. The summed E-state index contributed by atoms with van der Waals surface area (Å²) in [5, 5.41) is 9.57. The van der Waals surface area contributed by atoms with Gasteiger partial charge >= 0.3 is 12.5 Å². The van der Waals surface area contributed by atoms with E-state index in [1.54, 1.807) is 32.9 Å². The summed E-state index contributed by atoms with van der Waals surface area (Å²) in [5.74, 6) is -3.43. The van der Waals surface area contributed by atoms with Crippen LogP contribution in [0.3, 0.4) is 0 Å². The van der Waals surface area contributed by atoms with E-state index in [4.69, 9.17) is 33.7 Å². The highest BCUT2D eigenvalue weighted by Gasteiger charge is 2.47. The molecule has 16 heteroatoms. The summed E-state index contributed by atoms with van der Waals surface area (Å²) in [7, 11) is 0. The average Bonchev–Trinajstić information content (AvgIpc) is 3.41. The molecule has 0 spiro atoms. The Hall–Kier alpha value is -4.17. The Labute approximate surface area is 297 Å². The van der Waals surface area contributed by atoms with Crippen LogP contribution in [0.2, 0.25) is 10.0 Å². The van der Waals surface area contributed by atoms with Crippen molar-refractivity contribution >= 4 is 57.9 Å². The molecule has 6 N–H and O–H groups in total. The number of benzene rings is 2. The lowest BCUT2D eigenvalue weighted by Crippen LogP contribution is -2.67. The number of halogens is 5. The topological polar surface area (TPSA) is 165 Å². The Morgan fingerprint density at radius 2 is 1.68 bits per heavy atom. The number of hydrogen-bond donors (Lipinski definition) is 5. The number of carbonyl (C=O) groups excluding carboxylic acids is 4. The molecule has 0 radical (unpaired) electrons. The van der Waals surface area contributed by atoms with Crippen LogP contribution in [-0.2, 0) is 38.6 Å². The lowest BCUT2D eigenvalue weighted by Gasteiger charge is -2.39. The molecule has 4 rings (SSSR count). The van der Waals surface area contributed by atoms with Gasteiger partial charge < -0.3 is 36.1 Å². The molecule has 1 aliphatic carbocycles. The van der Waals surface area contributed by atoms with Gasteiger partial charge in [0.05, 0.1) is 10.5 Å². The van der Waals surface area contributed by atoms with E-state index in [1.165, 1.54) is 18.2 Å². The van der Waals surface area contributed by atoms with Crippen molar-refractivity contribution in [3.8, 4) is 5.75 Å². The lowest BCUT2D eigenvalue weighted by atomic mass is 9.78. The number of alkyl carbamates (subject to hydrolysis) is 1. The zero-order valence-corrected chi connectivity index (χ0v) is 29.4. The summed E-state index contributed by atoms with van der Waals surface area (Å²) in [6.45, 7) is 6.53. The lowest BCUT2D eigenvalue weighted by molar-refractivity contribution is -0.275. The maximum Gasteiger partial charge on any atom is 0.573 e. The number of ether oxygens (including phenoxy) is 2. The number of rotatable bonds is 13. The Balaban J connectivity index is 1.63.